The van der Waals surface area contributed by atoms with E-state index in [2.05, 4.69) is 182 Å². The Bertz CT molecular complexity index is 1960. The topological polar surface area (TPSA) is 13.1 Å². The lowest BCUT2D eigenvalue weighted by atomic mass is 9.87. The second-order valence-electron chi connectivity index (χ2n) is 14.9. The smallest absolute Gasteiger partial charge is 0.140 e. The van der Waals surface area contributed by atoms with Gasteiger partial charge < -0.3 is 4.42 Å². The highest BCUT2D eigenvalue weighted by Gasteiger charge is 2.55. The van der Waals surface area contributed by atoms with Crippen LogP contribution in [0.3, 0.4) is 0 Å². The van der Waals surface area contributed by atoms with Crippen LogP contribution in [0.2, 0.25) is 5.54 Å². The molecular formula is C45H46OSi. The Labute approximate surface area is 282 Å². The Morgan fingerprint density at radius 2 is 1.32 bits per heavy atom. The zero-order chi connectivity index (χ0) is 32.9. The van der Waals surface area contributed by atoms with Crippen molar-refractivity contribution in [2.75, 3.05) is 0 Å². The zero-order valence-corrected chi connectivity index (χ0v) is 29.8. The fourth-order valence-electron chi connectivity index (χ4n) is 8.11. The van der Waals surface area contributed by atoms with Crippen molar-refractivity contribution in [1.82, 2.24) is 0 Å². The van der Waals surface area contributed by atoms with Crippen LogP contribution in [0, 0.1) is 12.3 Å². The molecule has 1 heterocycles. The molecule has 2 atom stereocenters. The van der Waals surface area contributed by atoms with E-state index in [4.69, 9.17) is 4.42 Å². The normalized spacial score (nSPS) is 17.8. The van der Waals surface area contributed by atoms with Gasteiger partial charge in [-0.05, 0) is 76.8 Å². The Morgan fingerprint density at radius 3 is 1.85 bits per heavy atom. The van der Waals surface area contributed by atoms with Crippen molar-refractivity contribution < 1.29 is 4.42 Å². The molecule has 0 spiro atoms. The average Bonchev–Trinajstić information content (AvgIpc) is 3.80. The maximum Gasteiger partial charge on any atom is 0.140 e. The largest absolute Gasteiger partial charge is 0.462 e. The lowest BCUT2D eigenvalue weighted by molar-refractivity contribution is 0.517. The van der Waals surface area contributed by atoms with Crippen molar-refractivity contribution >= 4 is 30.1 Å². The third-order valence-corrected chi connectivity index (χ3v) is 16.2. The van der Waals surface area contributed by atoms with Gasteiger partial charge in [-0.3, -0.25) is 0 Å². The maximum absolute atomic E-state index is 6.57. The van der Waals surface area contributed by atoms with E-state index in [9.17, 15) is 0 Å². The quantitative estimate of drug-likeness (QED) is 0.163. The Balaban J connectivity index is 1.57. The highest BCUT2D eigenvalue weighted by Crippen LogP contribution is 2.55. The van der Waals surface area contributed by atoms with Gasteiger partial charge >= 0.3 is 0 Å². The minimum absolute atomic E-state index is 0.0588. The van der Waals surface area contributed by atoms with Crippen molar-refractivity contribution in [2.45, 2.75) is 65.5 Å². The van der Waals surface area contributed by atoms with E-state index in [0.717, 1.165) is 11.5 Å². The van der Waals surface area contributed by atoms with E-state index >= 15 is 0 Å². The average molecular weight is 631 g/mol. The first-order valence-electron chi connectivity index (χ1n) is 17.1. The van der Waals surface area contributed by atoms with Gasteiger partial charge in [0.1, 0.15) is 19.6 Å². The lowest BCUT2D eigenvalue weighted by Crippen LogP contribution is -2.65. The summed E-state index contributed by atoms with van der Waals surface area (Å²) in [6.45, 7) is 16.0. The number of fused-ring (bicyclic) bond motifs is 1. The summed E-state index contributed by atoms with van der Waals surface area (Å²) in [4.78, 5) is 0. The first-order chi connectivity index (χ1) is 22.6. The molecule has 5 aromatic rings. The SMILES string of the molecule is CC1=CC(C(C)(C)C)=CC1[Si](c1ccccc1)(c1ccccc1)C1C(c2ccc(C)o2)=Cc2c(-c3ccc(C(C)C)cc3)cccc21. The van der Waals surface area contributed by atoms with Crippen LogP contribution in [-0.2, 0) is 0 Å². The zero-order valence-electron chi connectivity index (χ0n) is 28.8. The van der Waals surface area contributed by atoms with Crippen LogP contribution in [0.5, 0.6) is 0 Å². The molecule has 0 saturated heterocycles. The second-order valence-corrected chi connectivity index (χ2v) is 19.0. The summed E-state index contributed by atoms with van der Waals surface area (Å²) in [5.74, 6) is 2.42. The molecule has 47 heavy (non-hydrogen) atoms. The summed E-state index contributed by atoms with van der Waals surface area (Å²) in [6, 6.07) is 43.4. The first kappa shape index (κ1) is 31.2. The number of hydrogen-bond donors (Lipinski definition) is 0. The van der Waals surface area contributed by atoms with Crippen LogP contribution in [0.25, 0.3) is 22.8 Å². The van der Waals surface area contributed by atoms with Gasteiger partial charge in [-0.1, -0.05) is 166 Å². The van der Waals surface area contributed by atoms with E-state index in [1.165, 1.54) is 54.9 Å². The van der Waals surface area contributed by atoms with Crippen molar-refractivity contribution in [2.24, 2.45) is 5.41 Å². The molecule has 0 bridgehead atoms. The highest BCUT2D eigenvalue weighted by atomic mass is 28.3. The van der Waals surface area contributed by atoms with Gasteiger partial charge in [-0.25, -0.2) is 0 Å². The van der Waals surface area contributed by atoms with E-state index in [-0.39, 0.29) is 16.5 Å². The summed E-state index contributed by atoms with van der Waals surface area (Å²) < 4.78 is 6.57. The summed E-state index contributed by atoms with van der Waals surface area (Å²) in [5, 5.41) is 2.91. The van der Waals surface area contributed by atoms with Gasteiger partial charge in [-0.2, -0.15) is 0 Å². The van der Waals surface area contributed by atoms with E-state index < -0.39 is 8.07 Å². The molecule has 2 aliphatic carbocycles. The second kappa shape index (κ2) is 12.0. The predicted octanol–water partition coefficient (Wildman–Crippen LogP) is 11.1. The molecule has 0 amide bonds. The van der Waals surface area contributed by atoms with Gasteiger partial charge in [0.25, 0.3) is 0 Å². The van der Waals surface area contributed by atoms with E-state index in [1.807, 2.05) is 0 Å². The Kier molecular flexibility index (Phi) is 7.97. The number of benzene rings is 4. The van der Waals surface area contributed by atoms with Crippen LogP contribution in [-0.4, -0.2) is 8.07 Å². The minimum atomic E-state index is -2.77. The summed E-state index contributed by atoms with van der Waals surface area (Å²) >= 11 is 0. The molecular weight excluding hydrogens is 585 g/mol. The van der Waals surface area contributed by atoms with Gasteiger partial charge in [0, 0.05) is 16.7 Å². The van der Waals surface area contributed by atoms with Crippen molar-refractivity contribution in [3.63, 3.8) is 0 Å². The number of furan rings is 1. The molecule has 0 N–H and O–H groups in total. The molecule has 236 valence electrons. The van der Waals surface area contributed by atoms with Gasteiger partial charge in [-0.15, -0.1) is 0 Å². The van der Waals surface area contributed by atoms with Crippen LogP contribution in [0.1, 0.15) is 81.2 Å². The molecule has 0 aliphatic heterocycles. The summed E-state index contributed by atoms with van der Waals surface area (Å²) in [5.41, 5.74) is 11.3. The first-order valence-corrected chi connectivity index (χ1v) is 19.3. The van der Waals surface area contributed by atoms with Crippen molar-refractivity contribution in [1.29, 1.82) is 0 Å². The number of hydrogen-bond acceptors (Lipinski definition) is 1. The van der Waals surface area contributed by atoms with Crippen LogP contribution < -0.4 is 10.4 Å². The molecule has 0 fully saturated rings. The molecule has 7 rings (SSSR count). The Morgan fingerprint density at radius 1 is 0.681 bits per heavy atom. The van der Waals surface area contributed by atoms with Crippen molar-refractivity contribution in [3.8, 4) is 11.1 Å². The number of allylic oxidation sites excluding steroid dienone is 5. The van der Waals surface area contributed by atoms with Gasteiger partial charge in [0.15, 0.2) is 0 Å². The monoisotopic (exact) mass is 630 g/mol. The summed E-state index contributed by atoms with van der Waals surface area (Å²) in [6.07, 6.45) is 7.60. The maximum atomic E-state index is 6.57. The molecule has 0 saturated carbocycles. The third kappa shape index (κ3) is 5.33. The lowest BCUT2D eigenvalue weighted by Gasteiger charge is -2.44. The molecule has 2 heteroatoms. The molecule has 2 unspecified atom stereocenters. The number of rotatable bonds is 7. The molecule has 1 aromatic heterocycles. The highest BCUT2D eigenvalue weighted by molar-refractivity contribution is 7.06. The number of aryl methyl sites for hydroxylation is 1. The van der Waals surface area contributed by atoms with Crippen LogP contribution in [0.15, 0.2) is 143 Å². The molecule has 4 aromatic carbocycles. The van der Waals surface area contributed by atoms with E-state index in [0.29, 0.717) is 5.92 Å². The molecule has 1 nitrogen and oxygen atoms in total. The van der Waals surface area contributed by atoms with Gasteiger partial charge in [0.05, 0.1) is 0 Å². The fraction of sp³-hybridized carbons (Fsp3) is 0.244. The predicted molar refractivity (Wildman–Crippen MR) is 203 cm³/mol. The third-order valence-electron chi connectivity index (χ3n) is 10.5. The molecule has 0 radical (unpaired) electrons. The van der Waals surface area contributed by atoms with E-state index in [1.54, 1.807) is 0 Å². The van der Waals surface area contributed by atoms with Crippen molar-refractivity contribution in [3.05, 3.63) is 167 Å². The fourth-order valence-corrected chi connectivity index (χ4v) is 14.4. The minimum Gasteiger partial charge on any atom is -0.462 e. The summed E-state index contributed by atoms with van der Waals surface area (Å²) in [7, 11) is -2.77. The molecule has 2 aliphatic rings. The van der Waals surface area contributed by atoms with Gasteiger partial charge in [0.2, 0.25) is 0 Å². The standard InChI is InChI=1S/C45H46OSi/c1-30(2)33-22-24-34(25-23-33)38-19-14-20-39-40(38)29-41(42-26-21-32(4)46-42)44(39)47(36-15-10-8-11-16-36,37-17-12-9-13-18-37)43-28-35(27-31(43)3)45(5,6)7/h8-30,43-44H,1-7H3. The van der Waals surface area contributed by atoms with Crippen LogP contribution >= 0.6 is 0 Å². The van der Waals surface area contributed by atoms with Crippen LogP contribution in [0.4, 0.5) is 0 Å². The Hall–Kier alpha value is -4.40.